The zero-order valence-corrected chi connectivity index (χ0v) is 16.0. The van der Waals surface area contributed by atoms with Crippen LogP contribution in [-0.4, -0.2) is 23.3 Å². The Morgan fingerprint density at radius 1 is 1.12 bits per heavy atom. The average molecular weight is 356 g/mol. The molecule has 0 aromatic rings. The van der Waals surface area contributed by atoms with Crippen LogP contribution in [0.25, 0.3) is 0 Å². The minimum absolute atomic E-state index is 0.0378. The van der Waals surface area contributed by atoms with Crippen molar-refractivity contribution in [1.82, 2.24) is 0 Å². The van der Waals surface area contributed by atoms with Crippen LogP contribution in [0.3, 0.4) is 0 Å². The van der Waals surface area contributed by atoms with E-state index >= 15 is 0 Å². The molecule has 0 aromatic carbocycles. The molecule has 138 valence electrons. The van der Waals surface area contributed by atoms with E-state index in [2.05, 4.69) is 0 Å². The molecule has 0 aliphatic heterocycles. The maximum Gasteiger partial charge on any atom is 0.331 e. The molecule has 2 aliphatic rings. The van der Waals surface area contributed by atoms with Crippen molar-refractivity contribution in [2.45, 2.75) is 83.7 Å². The van der Waals surface area contributed by atoms with E-state index < -0.39 is 14.0 Å². The van der Waals surface area contributed by atoms with Crippen LogP contribution in [0, 0.1) is 11.8 Å². The summed E-state index contributed by atoms with van der Waals surface area (Å²) < 4.78 is 18.0. The molecule has 1 N–H and O–H groups in total. The molecule has 0 bridgehead atoms. The van der Waals surface area contributed by atoms with E-state index in [-0.39, 0.29) is 17.8 Å². The van der Waals surface area contributed by atoms with E-state index in [0.717, 1.165) is 32.1 Å². The standard InChI is InChI=1S/C19H33O4P/c1-15(12-16-8-4-2-5-9-16)23-24(22)14-18(19(20)21)13-17-10-6-3-7-11-17/h13,15-17,24H,2-12,14H2,1H3,(H,20,21). The summed E-state index contributed by atoms with van der Waals surface area (Å²) >= 11 is 0. The maximum absolute atomic E-state index is 12.3. The third-order valence-corrected chi connectivity index (χ3v) is 6.75. The molecule has 0 spiro atoms. The van der Waals surface area contributed by atoms with Gasteiger partial charge in [-0.25, -0.2) is 4.79 Å². The van der Waals surface area contributed by atoms with Crippen molar-refractivity contribution in [2.24, 2.45) is 11.8 Å². The van der Waals surface area contributed by atoms with Gasteiger partial charge in [0.1, 0.15) is 0 Å². The molecule has 24 heavy (non-hydrogen) atoms. The van der Waals surface area contributed by atoms with Gasteiger partial charge >= 0.3 is 5.97 Å². The summed E-state index contributed by atoms with van der Waals surface area (Å²) in [6, 6.07) is 0. The quantitative estimate of drug-likeness (QED) is 0.465. The van der Waals surface area contributed by atoms with Crippen LogP contribution in [0.2, 0.25) is 0 Å². The number of carboxylic acid groups (broad SMARTS) is 1. The lowest BCUT2D eigenvalue weighted by atomic mass is 9.86. The van der Waals surface area contributed by atoms with E-state index in [4.69, 9.17) is 4.52 Å². The van der Waals surface area contributed by atoms with Gasteiger partial charge in [-0.1, -0.05) is 57.4 Å². The molecule has 2 aliphatic carbocycles. The monoisotopic (exact) mass is 356 g/mol. The second-order valence-electron chi connectivity index (χ2n) is 7.61. The minimum Gasteiger partial charge on any atom is -0.478 e. The largest absolute Gasteiger partial charge is 0.478 e. The second-order valence-corrected chi connectivity index (χ2v) is 8.95. The highest BCUT2D eigenvalue weighted by Gasteiger charge is 2.21. The predicted molar refractivity (Wildman–Crippen MR) is 97.9 cm³/mol. The minimum atomic E-state index is -2.33. The third kappa shape index (κ3) is 7.11. The van der Waals surface area contributed by atoms with E-state index in [1.807, 2.05) is 13.0 Å². The van der Waals surface area contributed by atoms with Crippen LogP contribution in [0.4, 0.5) is 0 Å². The highest BCUT2D eigenvalue weighted by Crippen LogP contribution is 2.34. The lowest BCUT2D eigenvalue weighted by Gasteiger charge is -2.24. The molecule has 2 fully saturated rings. The van der Waals surface area contributed by atoms with Crippen molar-refractivity contribution in [2.75, 3.05) is 6.16 Å². The molecule has 0 saturated heterocycles. The van der Waals surface area contributed by atoms with Gasteiger partial charge in [-0.2, -0.15) is 0 Å². The number of carboxylic acids is 1. The van der Waals surface area contributed by atoms with Crippen molar-refractivity contribution < 1.29 is 19.0 Å². The highest BCUT2D eigenvalue weighted by atomic mass is 31.1. The SMILES string of the molecule is CC(CC1CCCCC1)O[PH](=O)CC(=CC1CCCCC1)C(=O)O. The highest BCUT2D eigenvalue weighted by molar-refractivity contribution is 7.39. The smallest absolute Gasteiger partial charge is 0.331 e. The summed E-state index contributed by atoms with van der Waals surface area (Å²) in [4.78, 5) is 11.5. The van der Waals surface area contributed by atoms with Gasteiger partial charge in [0.2, 0.25) is 0 Å². The Bertz CT molecular complexity index is 448. The van der Waals surface area contributed by atoms with E-state index in [1.54, 1.807) is 0 Å². The van der Waals surface area contributed by atoms with Gasteiger partial charge in [-0.05, 0) is 38.0 Å². The van der Waals surface area contributed by atoms with Crippen molar-refractivity contribution in [3.8, 4) is 0 Å². The first-order valence-electron chi connectivity index (χ1n) is 9.68. The Morgan fingerprint density at radius 3 is 2.29 bits per heavy atom. The molecule has 2 unspecified atom stereocenters. The van der Waals surface area contributed by atoms with Crippen LogP contribution >= 0.6 is 8.03 Å². The Labute approximate surface area is 146 Å². The Morgan fingerprint density at radius 2 is 1.71 bits per heavy atom. The fourth-order valence-corrected chi connectivity index (χ4v) is 5.36. The molecule has 5 heteroatoms. The van der Waals surface area contributed by atoms with Gasteiger partial charge in [0.05, 0.1) is 12.3 Å². The van der Waals surface area contributed by atoms with Crippen LogP contribution in [0.5, 0.6) is 0 Å². The number of allylic oxidation sites excluding steroid dienone is 1. The maximum atomic E-state index is 12.3. The van der Waals surface area contributed by atoms with Crippen LogP contribution in [0.15, 0.2) is 11.6 Å². The average Bonchev–Trinajstić information content (AvgIpc) is 2.55. The van der Waals surface area contributed by atoms with Crippen molar-refractivity contribution >= 4 is 14.0 Å². The normalized spacial score (nSPS) is 23.8. The van der Waals surface area contributed by atoms with Gasteiger partial charge in [-0.3, -0.25) is 4.57 Å². The third-order valence-electron chi connectivity index (χ3n) is 5.42. The zero-order valence-electron chi connectivity index (χ0n) is 15.0. The van der Waals surface area contributed by atoms with E-state index in [9.17, 15) is 14.5 Å². The molecule has 2 rings (SSSR count). The first kappa shape index (κ1) is 19.7. The molecule has 0 heterocycles. The summed E-state index contributed by atoms with van der Waals surface area (Å²) in [5.41, 5.74) is 0.288. The van der Waals surface area contributed by atoms with E-state index in [1.165, 1.54) is 38.5 Å². The van der Waals surface area contributed by atoms with Crippen molar-refractivity contribution in [3.05, 3.63) is 11.6 Å². The molecular formula is C19H33O4P. The summed E-state index contributed by atoms with van der Waals surface area (Å²) in [6.45, 7) is 1.97. The summed E-state index contributed by atoms with van der Waals surface area (Å²) in [5, 5.41) is 9.40. The number of carbonyl (C=O) groups is 1. The first-order chi connectivity index (χ1) is 11.5. The van der Waals surface area contributed by atoms with Gasteiger partial charge in [0.15, 0.2) is 8.03 Å². The van der Waals surface area contributed by atoms with Gasteiger partial charge in [0.25, 0.3) is 0 Å². The van der Waals surface area contributed by atoms with Gasteiger partial charge < -0.3 is 9.63 Å². The summed E-state index contributed by atoms with van der Waals surface area (Å²) in [6.07, 6.45) is 14.9. The number of aliphatic carboxylic acids is 1. The lowest BCUT2D eigenvalue weighted by Crippen LogP contribution is -2.15. The zero-order chi connectivity index (χ0) is 17.4. The molecule has 0 amide bonds. The van der Waals surface area contributed by atoms with Crippen molar-refractivity contribution in [3.63, 3.8) is 0 Å². The Balaban J connectivity index is 1.80. The van der Waals surface area contributed by atoms with E-state index in [0.29, 0.717) is 11.8 Å². The Hall–Kier alpha value is -0.600. The number of rotatable bonds is 8. The van der Waals surface area contributed by atoms with Gasteiger partial charge in [-0.15, -0.1) is 0 Å². The Kier molecular flexibility index (Phi) is 8.55. The van der Waals surface area contributed by atoms with Crippen LogP contribution in [0.1, 0.15) is 77.6 Å². The molecule has 2 saturated carbocycles. The molecule has 4 nitrogen and oxygen atoms in total. The van der Waals surface area contributed by atoms with Gasteiger partial charge in [0, 0.05) is 5.57 Å². The fourth-order valence-electron chi connectivity index (χ4n) is 4.15. The number of hydrogen-bond donors (Lipinski definition) is 1. The van der Waals surface area contributed by atoms with Crippen LogP contribution < -0.4 is 0 Å². The van der Waals surface area contributed by atoms with Crippen LogP contribution in [-0.2, 0) is 13.9 Å². The topological polar surface area (TPSA) is 63.6 Å². The molecule has 2 atom stereocenters. The number of hydrogen-bond acceptors (Lipinski definition) is 3. The first-order valence-corrected chi connectivity index (χ1v) is 11.2. The predicted octanol–water partition coefficient (Wildman–Crippen LogP) is 5.43. The van der Waals surface area contributed by atoms with Crippen molar-refractivity contribution in [1.29, 1.82) is 0 Å². The summed E-state index contributed by atoms with van der Waals surface area (Å²) in [7, 11) is -2.33. The molecule has 0 aromatic heterocycles. The summed E-state index contributed by atoms with van der Waals surface area (Å²) in [5.74, 6) is 0.0713. The fraction of sp³-hybridized carbons (Fsp3) is 0.842. The lowest BCUT2D eigenvalue weighted by molar-refractivity contribution is -0.132. The molecule has 0 radical (unpaired) electrons. The molecular weight excluding hydrogens is 323 g/mol. The second kappa shape index (κ2) is 10.4.